The van der Waals surface area contributed by atoms with Gasteiger partial charge in [-0.3, -0.25) is 9.59 Å². The molecular weight excluding hydrogens is 466 g/mol. The van der Waals surface area contributed by atoms with Gasteiger partial charge >= 0.3 is 0 Å². The molecule has 2 amide bonds. The highest BCUT2D eigenvalue weighted by Crippen LogP contribution is 2.31. The van der Waals surface area contributed by atoms with Crippen LogP contribution in [0.15, 0.2) is 47.4 Å². The molecule has 10 heteroatoms. The molecule has 8 nitrogen and oxygen atoms in total. The quantitative estimate of drug-likeness (QED) is 0.642. The number of nitrogens with zero attached hydrogens (tertiary/aromatic N) is 2. The fourth-order valence-electron chi connectivity index (χ4n) is 3.78. The van der Waals surface area contributed by atoms with Crippen molar-refractivity contribution in [2.45, 2.75) is 24.3 Å². The van der Waals surface area contributed by atoms with Gasteiger partial charge in [0, 0.05) is 49.2 Å². The number of carbonyl (C=O) groups is 2. The summed E-state index contributed by atoms with van der Waals surface area (Å²) in [5, 5.41) is 0.562. The van der Waals surface area contributed by atoms with Gasteiger partial charge in [-0.2, -0.15) is 0 Å². The minimum Gasteiger partial charge on any atom is -0.495 e. The van der Waals surface area contributed by atoms with Gasteiger partial charge in [-0.25, -0.2) is 13.1 Å². The molecule has 0 unspecified atom stereocenters. The molecule has 0 bridgehead atoms. The van der Waals surface area contributed by atoms with Crippen LogP contribution >= 0.6 is 11.6 Å². The molecule has 2 aromatic carbocycles. The molecule has 2 aliphatic rings. The smallest absolute Gasteiger partial charge is 0.254 e. The summed E-state index contributed by atoms with van der Waals surface area (Å²) in [6.45, 7) is 1.88. The van der Waals surface area contributed by atoms with Gasteiger partial charge in [-0.05, 0) is 48.7 Å². The Morgan fingerprint density at radius 3 is 2.27 bits per heavy atom. The van der Waals surface area contributed by atoms with Crippen LogP contribution in [0.25, 0.3) is 0 Å². The van der Waals surface area contributed by atoms with Crippen LogP contribution in [0.1, 0.15) is 28.8 Å². The molecule has 33 heavy (non-hydrogen) atoms. The number of ether oxygens (including phenoxy) is 1. The molecule has 0 atom stereocenters. The number of piperazine rings is 1. The van der Waals surface area contributed by atoms with E-state index in [9.17, 15) is 18.0 Å². The van der Waals surface area contributed by atoms with Gasteiger partial charge in [0.25, 0.3) is 5.91 Å². The molecule has 1 heterocycles. The Kier molecular flexibility index (Phi) is 6.92. The lowest BCUT2D eigenvalue weighted by Crippen LogP contribution is -2.51. The topological polar surface area (TPSA) is 96.0 Å². The van der Waals surface area contributed by atoms with E-state index < -0.39 is 10.0 Å². The monoisotopic (exact) mass is 491 g/mol. The third kappa shape index (κ3) is 5.48. The van der Waals surface area contributed by atoms with Crippen molar-refractivity contribution in [1.82, 2.24) is 14.5 Å². The Labute approximate surface area is 198 Å². The Balaban J connectivity index is 1.47. The summed E-state index contributed by atoms with van der Waals surface area (Å²) in [7, 11) is -2.57. The summed E-state index contributed by atoms with van der Waals surface area (Å²) in [5.74, 6) is 0.203. The first-order valence-electron chi connectivity index (χ1n) is 10.8. The van der Waals surface area contributed by atoms with E-state index in [4.69, 9.17) is 16.3 Å². The Morgan fingerprint density at radius 1 is 1.03 bits per heavy atom. The molecule has 1 N–H and O–H groups in total. The number of sulfonamides is 1. The molecular formula is C23H26ClN3O5S. The summed E-state index contributed by atoms with van der Waals surface area (Å²) in [5.41, 5.74) is 0.998. The first-order valence-corrected chi connectivity index (χ1v) is 12.6. The second-order valence-electron chi connectivity index (χ2n) is 8.21. The lowest BCUT2D eigenvalue weighted by atomic mass is 10.1. The van der Waals surface area contributed by atoms with Crippen molar-refractivity contribution in [3.05, 3.63) is 58.6 Å². The molecule has 1 aliphatic heterocycles. The predicted octanol–water partition coefficient (Wildman–Crippen LogP) is 2.52. The van der Waals surface area contributed by atoms with Gasteiger partial charge in [0.05, 0.1) is 7.11 Å². The second kappa shape index (κ2) is 9.70. The maximum Gasteiger partial charge on any atom is 0.254 e. The number of methoxy groups -OCH3 is 1. The van der Waals surface area contributed by atoms with Crippen molar-refractivity contribution >= 4 is 33.4 Å². The van der Waals surface area contributed by atoms with Crippen LogP contribution in [0.2, 0.25) is 5.02 Å². The highest BCUT2D eigenvalue weighted by Gasteiger charge is 2.35. The fourth-order valence-corrected chi connectivity index (χ4v) is 5.12. The van der Waals surface area contributed by atoms with Gasteiger partial charge < -0.3 is 14.5 Å². The maximum absolute atomic E-state index is 13.1. The zero-order valence-corrected chi connectivity index (χ0v) is 19.9. The molecule has 2 fully saturated rings. The van der Waals surface area contributed by atoms with Gasteiger partial charge in [0.2, 0.25) is 15.9 Å². The van der Waals surface area contributed by atoms with Gasteiger partial charge in [0.1, 0.15) is 10.6 Å². The number of amides is 2. The average molecular weight is 492 g/mol. The zero-order valence-electron chi connectivity index (χ0n) is 18.3. The van der Waals surface area contributed by atoms with Crippen molar-refractivity contribution in [1.29, 1.82) is 0 Å². The Morgan fingerprint density at radius 2 is 1.67 bits per heavy atom. The molecule has 2 aromatic rings. The van der Waals surface area contributed by atoms with E-state index >= 15 is 0 Å². The second-order valence-corrected chi connectivity index (χ2v) is 10.4. The number of rotatable bonds is 7. The summed E-state index contributed by atoms with van der Waals surface area (Å²) in [4.78, 5) is 28.7. The Hall–Kier alpha value is -2.62. The number of carbonyl (C=O) groups excluding carboxylic acids is 2. The summed E-state index contributed by atoms with van der Waals surface area (Å²) in [6.07, 6.45) is 1.90. The van der Waals surface area contributed by atoms with E-state index in [2.05, 4.69) is 4.72 Å². The van der Waals surface area contributed by atoms with Crippen LogP contribution in [0.3, 0.4) is 0 Å². The van der Waals surface area contributed by atoms with Crippen molar-refractivity contribution in [3.63, 3.8) is 0 Å². The number of hydrogen-bond acceptors (Lipinski definition) is 5. The number of halogens is 1. The normalized spacial score (nSPS) is 16.5. The minimum atomic E-state index is -3.95. The number of nitrogens with one attached hydrogen (secondary N) is 1. The standard InChI is InChI=1S/C23H26ClN3O5S/c1-32-20-9-6-18(23(29)27-12-10-26(11-13-27)22(28)17-4-5-17)14-21(20)33(30,31)25-15-16-2-7-19(24)8-3-16/h2-3,6-9,14,17,25H,4-5,10-13,15H2,1H3. The molecule has 1 aliphatic carbocycles. The highest BCUT2D eigenvalue weighted by atomic mass is 35.5. The van der Waals surface area contributed by atoms with E-state index in [0.29, 0.717) is 31.2 Å². The minimum absolute atomic E-state index is 0.0673. The van der Waals surface area contributed by atoms with Crippen molar-refractivity contribution < 1.29 is 22.7 Å². The first-order chi connectivity index (χ1) is 15.8. The highest BCUT2D eigenvalue weighted by molar-refractivity contribution is 7.89. The molecule has 1 saturated heterocycles. The summed E-state index contributed by atoms with van der Waals surface area (Å²) in [6, 6.07) is 11.2. The SMILES string of the molecule is COc1ccc(C(=O)N2CCN(C(=O)C3CC3)CC2)cc1S(=O)(=O)NCc1ccc(Cl)cc1. The van der Waals surface area contributed by atoms with Gasteiger partial charge in [0.15, 0.2) is 0 Å². The van der Waals surface area contributed by atoms with Crippen molar-refractivity contribution in [2.75, 3.05) is 33.3 Å². The molecule has 0 aromatic heterocycles. The largest absolute Gasteiger partial charge is 0.495 e. The zero-order chi connectivity index (χ0) is 23.6. The van der Waals surface area contributed by atoms with Crippen LogP contribution in [-0.2, 0) is 21.4 Å². The van der Waals surface area contributed by atoms with Crippen LogP contribution in [0.5, 0.6) is 5.75 Å². The van der Waals surface area contributed by atoms with Gasteiger partial charge in [-0.1, -0.05) is 23.7 Å². The number of hydrogen-bond donors (Lipinski definition) is 1. The molecule has 176 valence electrons. The number of benzene rings is 2. The molecule has 0 radical (unpaired) electrons. The third-order valence-electron chi connectivity index (χ3n) is 5.88. The van der Waals surface area contributed by atoms with E-state index in [1.807, 2.05) is 4.90 Å². The molecule has 4 rings (SSSR count). The van der Waals surface area contributed by atoms with Crippen LogP contribution < -0.4 is 9.46 Å². The molecule has 1 saturated carbocycles. The van der Waals surface area contributed by atoms with Crippen molar-refractivity contribution in [2.24, 2.45) is 5.92 Å². The van der Waals surface area contributed by atoms with Crippen LogP contribution in [0.4, 0.5) is 0 Å². The maximum atomic E-state index is 13.1. The summed E-state index contributed by atoms with van der Waals surface area (Å²) >= 11 is 5.88. The fraction of sp³-hybridized carbons (Fsp3) is 0.391. The third-order valence-corrected chi connectivity index (χ3v) is 7.56. The van der Waals surface area contributed by atoms with Crippen LogP contribution in [-0.4, -0.2) is 63.3 Å². The van der Waals surface area contributed by atoms with E-state index in [1.165, 1.54) is 19.2 Å². The van der Waals surface area contributed by atoms with Gasteiger partial charge in [-0.15, -0.1) is 0 Å². The van der Waals surface area contributed by atoms with E-state index in [-0.39, 0.29) is 40.5 Å². The Bertz CT molecular complexity index is 1140. The molecule has 0 spiro atoms. The van der Waals surface area contributed by atoms with Crippen LogP contribution in [0, 0.1) is 5.92 Å². The lowest BCUT2D eigenvalue weighted by Gasteiger charge is -2.35. The van der Waals surface area contributed by atoms with Crippen molar-refractivity contribution in [3.8, 4) is 5.75 Å². The average Bonchev–Trinajstić information content (AvgIpc) is 3.68. The predicted molar refractivity (Wildman–Crippen MR) is 124 cm³/mol. The first kappa shape index (κ1) is 23.5. The lowest BCUT2D eigenvalue weighted by molar-refractivity contribution is -0.134. The van der Waals surface area contributed by atoms with E-state index in [0.717, 1.165) is 18.4 Å². The van der Waals surface area contributed by atoms with E-state index in [1.54, 1.807) is 35.2 Å². The summed E-state index contributed by atoms with van der Waals surface area (Å²) < 4.78 is 33.8.